The molecule has 0 aliphatic carbocycles. The Bertz CT molecular complexity index is 1180. The second kappa shape index (κ2) is 9.32. The van der Waals surface area contributed by atoms with Crippen LogP contribution in [0.15, 0.2) is 60.7 Å². The van der Waals surface area contributed by atoms with E-state index < -0.39 is 11.8 Å². The first kappa shape index (κ1) is 21.9. The van der Waals surface area contributed by atoms with E-state index in [4.69, 9.17) is 34.2 Å². The predicted molar refractivity (Wildman–Crippen MR) is 123 cm³/mol. The van der Waals surface area contributed by atoms with Crippen LogP contribution >= 0.6 is 11.6 Å². The third-order valence-corrected chi connectivity index (χ3v) is 5.22. The van der Waals surface area contributed by atoms with Gasteiger partial charge in [0.2, 0.25) is 11.8 Å². The van der Waals surface area contributed by atoms with Crippen molar-refractivity contribution in [3.63, 3.8) is 0 Å². The minimum Gasteiger partial charge on any atom is -0.384 e. The van der Waals surface area contributed by atoms with Crippen molar-refractivity contribution in [2.75, 3.05) is 5.32 Å². The standard InChI is InChI=1S/C23H22ClN5O2/c24-19-6-2-5-17(23(28)31)18(19)10-14-7-8-15(21(25)26)11-20(14)29-12-13-3-1-4-16(9-13)22(27)30/h1-9,11,29H,10,12H2,(H3,25,26)(H2,27,30)(H2,28,31). The van der Waals surface area contributed by atoms with Crippen molar-refractivity contribution in [1.29, 1.82) is 5.41 Å². The maximum atomic E-state index is 11.9. The predicted octanol–water partition coefficient (Wildman–Crippen LogP) is 3.02. The zero-order valence-corrected chi connectivity index (χ0v) is 17.4. The lowest BCUT2D eigenvalue weighted by Gasteiger charge is -2.16. The molecule has 0 atom stereocenters. The first-order valence-corrected chi connectivity index (χ1v) is 9.81. The van der Waals surface area contributed by atoms with Crippen molar-refractivity contribution in [3.05, 3.63) is 99.1 Å². The van der Waals surface area contributed by atoms with Crippen LogP contribution in [-0.2, 0) is 13.0 Å². The number of nitrogen functional groups attached to an aromatic ring is 1. The summed E-state index contributed by atoms with van der Waals surface area (Å²) < 4.78 is 0. The van der Waals surface area contributed by atoms with Gasteiger partial charge < -0.3 is 22.5 Å². The van der Waals surface area contributed by atoms with Crippen molar-refractivity contribution in [1.82, 2.24) is 0 Å². The fourth-order valence-electron chi connectivity index (χ4n) is 3.25. The number of amidine groups is 1. The summed E-state index contributed by atoms with van der Waals surface area (Å²) in [5.41, 5.74) is 20.9. The van der Waals surface area contributed by atoms with E-state index in [1.54, 1.807) is 48.5 Å². The van der Waals surface area contributed by atoms with Crippen LogP contribution in [0.2, 0.25) is 5.02 Å². The number of benzene rings is 3. The molecular weight excluding hydrogens is 414 g/mol. The third-order valence-electron chi connectivity index (χ3n) is 4.87. The van der Waals surface area contributed by atoms with Gasteiger partial charge in [-0.25, -0.2) is 0 Å². The fraction of sp³-hybridized carbons (Fsp3) is 0.0870. The number of amides is 2. The molecule has 8 heteroatoms. The molecule has 0 aliphatic heterocycles. The van der Waals surface area contributed by atoms with E-state index in [1.165, 1.54) is 0 Å². The minimum absolute atomic E-state index is 0.0686. The van der Waals surface area contributed by atoms with E-state index in [2.05, 4.69) is 5.32 Å². The van der Waals surface area contributed by atoms with E-state index >= 15 is 0 Å². The topological polar surface area (TPSA) is 148 Å². The van der Waals surface area contributed by atoms with Gasteiger partial charge in [-0.15, -0.1) is 0 Å². The maximum Gasteiger partial charge on any atom is 0.249 e. The molecular formula is C23H22ClN5O2. The lowest BCUT2D eigenvalue weighted by molar-refractivity contribution is 0.0991. The van der Waals surface area contributed by atoms with E-state index in [1.807, 2.05) is 12.1 Å². The van der Waals surface area contributed by atoms with Gasteiger partial charge >= 0.3 is 0 Å². The number of hydrogen-bond donors (Lipinski definition) is 5. The fourth-order valence-corrected chi connectivity index (χ4v) is 3.50. The molecule has 0 aromatic heterocycles. The number of halogens is 1. The molecule has 0 unspecified atom stereocenters. The third kappa shape index (κ3) is 5.21. The summed E-state index contributed by atoms with van der Waals surface area (Å²) >= 11 is 6.35. The molecule has 3 aromatic carbocycles. The highest BCUT2D eigenvalue weighted by molar-refractivity contribution is 6.32. The number of carbonyl (C=O) groups excluding carboxylic acids is 2. The molecule has 0 saturated carbocycles. The Morgan fingerprint density at radius 1 is 0.903 bits per heavy atom. The van der Waals surface area contributed by atoms with Gasteiger partial charge in [-0.05, 0) is 47.0 Å². The van der Waals surface area contributed by atoms with Crippen LogP contribution in [0.3, 0.4) is 0 Å². The van der Waals surface area contributed by atoms with Crippen LogP contribution in [0.1, 0.15) is 43.0 Å². The molecule has 0 radical (unpaired) electrons. The number of anilines is 1. The van der Waals surface area contributed by atoms with E-state index in [0.717, 1.165) is 11.1 Å². The molecule has 0 spiro atoms. The maximum absolute atomic E-state index is 11.9. The highest BCUT2D eigenvalue weighted by atomic mass is 35.5. The molecule has 158 valence electrons. The highest BCUT2D eigenvalue weighted by Crippen LogP contribution is 2.28. The summed E-state index contributed by atoms with van der Waals surface area (Å²) in [5.74, 6) is -1.13. The average Bonchev–Trinajstić information content (AvgIpc) is 2.74. The molecule has 8 N–H and O–H groups in total. The Morgan fingerprint density at radius 2 is 1.65 bits per heavy atom. The largest absolute Gasteiger partial charge is 0.384 e. The van der Waals surface area contributed by atoms with Crippen LogP contribution in [0.4, 0.5) is 5.69 Å². The van der Waals surface area contributed by atoms with E-state index in [0.29, 0.717) is 45.9 Å². The summed E-state index contributed by atoms with van der Waals surface area (Å²) in [6.07, 6.45) is 0.347. The number of nitrogens with one attached hydrogen (secondary N) is 2. The molecule has 3 aromatic rings. The molecule has 0 saturated heterocycles. The summed E-state index contributed by atoms with van der Waals surface area (Å²) in [7, 11) is 0. The summed E-state index contributed by atoms with van der Waals surface area (Å²) in [6, 6.07) is 17.3. The Kier molecular flexibility index (Phi) is 6.57. The van der Waals surface area contributed by atoms with Crippen LogP contribution in [0, 0.1) is 5.41 Å². The molecule has 0 fully saturated rings. The van der Waals surface area contributed by atoms with Crippen molar-refractivity contribution in [2.24, 2.45) is 17.2 Å². The van der Waals surface area contributed by atoms with Crippen molar-refractivity contribution < 1.29 is 9.59 Å². The first-order valence-electron chi connectivity index (χ1n) is 9.43. The number of primary amides is 2. The Labute approximate surface area is 184 Å². The van der Waals surface area contributed by atoms with Gasteiger partial charge in [0.1, 0.15) is 5.84 Å². The normalized spacial score (nSPS) is 10.5. The molecule has 7 nitrogen and oxygen atoms in total. The van der Waals surface area contributed by atoms with E-state index in [-0.39, 0.29) is 5.84 Å². The Hall–Kier alpha value is -3.84. The van der Waals surface area contributed by atoms with Gasteiger partial charge in [-0.3, -0.25) is 15.0 Å². The zero-order chi connectivity index (χ0) is 22.5. The Morgan fingerprint density at radius 3 is 2.32 bits per heavy atom. The first-order chi connectivity index (χ1) is 14.8. The molecule has 0 heterocycles. The van der Waals surface area contributed by atoms with Gasteiger partial charge in [0.05, 0.1) is 0 Å². The van der Waals surface area contributed by atoms with Gasteiger partial charge in [0.15, 0.2) is 0 Å². The van der Waals surface area contributed by atoms with Gasteiger partial charge in [0, 0.05) is 40.4 Å². The monoisotopic (exact) mass is 435 g/mol. The van der Waals surface area contributed by atoms with Crippen molar-refractivity contribution >= 4 is 34.9 Å². The average molecular weight is 436 g/mol. The van der Waals surface area contributed by atoms with Gasteiger partial charge in [-0.2, -0.15) is 0 Å². The summed E-state index contributed by atoms with van der Waals surface area (Å²) in [6.45, 7) is 0.403. The Balaban J connectivity index is 1.96. The lowest BCUT2D eigenvalue weighted by Crippen LogP contribution is -2.15. The van der Waals surface area contributed by atoms with Gasteiger partial charge in [-0.1, -0.05) is 41.9 Å². The SMILES string of the molecule is N=C(N)c1ccc(Cc2c(Cl)cccc2C(N)=O)c(NCc2cccc(C(N)=O)c2)c1. The minimum atomic E-state index is -0.560. The summed E-state index contributed by atoms with van der Waals surface area (Å²) in [4.78, 5) is 23.3. The smallest absolute Gasteiger partial charge is 0.249 e. The van der Waals surface area contributed by atoms with E-state index in [9.17, 15) is 9.59 Å². The number of nitrogens with two attached hydrogens (primary N) is 3. The second-order valence-corrected chi connectivity index (χ2v) is 7.42. The summed E-state index contributed by atoms with van der Waals surface area (Å²) in [5, 5.41) is 11.5. The second-order valence-electron chi connectivity index (χ2n) is 7.01. The molecule has 0 bridgehead atoms. The molecule has 2 amide bonds. The highest BCUT2D eigenvalue weighted by Gasteiger charge is 2.15. The lowest BCUT2D eigenvalue weighted by atomic mass is 9.96. The molecule has 3 rings (SSSR count). The van der Waals surface area contributed by atoms with Crippen molar-refractivity contribution in [3.8, 4) is 0 Å². The van der Waals surface area contributed by atoms with Crippen LogP contribution in [-0.4, -0.2) is 17.6 Å². The quantitative estimate of drug-likeness (QED) is 0.273. The number of carbonyl (C=O) groups is 2. The number of hydrogen-bond acceptors (Lipinski definition) is 4. The van der Waals surface area contributed by atoms with Gasteiger partial charge in [0.25, 0.3) is 0 Å². The zero-order valence-electron chi connectivity index (χ0n) is 16.6. The number of rotatable bonds is 8. The van der Waals surface area contributed by atoms with Crippen LogP contribution in [0.25, 0.3) is 0 Å². The van der Waals surface area contributed by atoms with Crippen LogP contribution in [0.5, 0.6) is 0 Å². The van der Waals surface area contributed by atoms with Crippen molar-refractivity contribution in [2.45, 2.75) is 13.0 Å². The molecule has 0 aliphatic rings. The van der Waals surface area contributed by atoms with Crippen LogP contribution < -0.4 is 22.5 Å². The molecule has 31 heavy (non-hydrogen) atoms.